The number of nitrogens with one attached hydrogen (secondary N) is 1. The van der Waals surface area contributed by atoms with Crippen LogP contribution in [0, 0.1) is 5.92 Å². The Hall–Kier alpha value is -1.32. The molecule has 4 nitrogen and oxygen atoms in total. The van der Waals surface area contributed by atoms with Crippen LogP contribution in [0.2, 0.25) is 0 Å². The summed E-state index contributed by atoms with van der Waals surface area (Å²) >= 11 is 0. The summed E-state index contributed by atoms with van der Waals surface area (Å²) in [6, 6.07) is 2.64. The lowest BCUT2D eigenvalue weighted by atomic mass is 9.95. The molecule has 1 aliphatic rings. The van der Waals surface area contributed by atoms with E-state index in [1.807, 2.05) is 7.05 Å². The van der Waals surface area contributed by atoms with Gasteiger partial charge < -0.3 is 10.2 Å². The Labute approximate surface area is 116 Å². The summed E-state index contributed by atoms with van der Waals surface area (Å²) in [6.07, 6.45) is 2.57. The summed E-state index contributed by atoms with van der Waals surface area (Å²) in [5.74, 6) is 4.00. The van der Waals surface area contributed by atoms with E-state index in [1.165, 1.54) is 12.8 Å². The van der Waals surface area contributed by atoms with E-state index in [4.69, 9.17) is 4.98 Å². The van der Waals surface area contributed by atoms with Gasteiger partial charge in [0.15, 0.2) is 0 Å². The van der Waals surface area contributed by atoms with Crippen molar-refractivity contribution in [2.24, 2.45) is 5.92 Å². The Morgan fingerprint density at radius 2 is 2.00 bits per heavy atom. The van der Waals surface area contributed by atoms with Crippen molar-refractivity contribution in [2.75, 3.05) is 23.8 Å². The van der Waals surface area contributed by atoms with Crippen LogP contribution >= 0.6 is 0 Å². The fourth-order valence-electron chi connectivity index (χ4n) is 2.59. The Balaban J connectivity index is 2.34. The average Bonchev–Trinajstić information content (AvgIpc) is 2.40. The summed E-state index contributed by atoms with van der Waals surface area (Å²) in [5.41, 5.74) is 0. The van der Waals surface area contributed by atoms with E-state index in [1.54, 1.807) is 0 Å². The molecular formula is C15H26N4. The molecule has 0 bridgehead atoms. The van der Waals surface area contributed by atoms with Crippen molar-refractivity contribution in [1.29, 1.82) is 0 Å². The minimum absolute atomic E-state index is 0.351. The molecule has 0 spiro atoms. The third-order valence-electron chi connectivity index (χ3n) is 3.91. The van der Waals surface area contributed by atoms with Crippen molar-refractivity contribution in [3.05, 3.63) is 11.9 Å². The van der Waals surface area contributed by atoms with Crippen LogP contribution in [0.15, 0.2) is 6.07 Å². The van der Waals surface area contributed by atoms with Crippen molar-refractivity contribution in [1.82, 2.24) is 9.97 Å². The molecule has 0 aliphatic carbocycles. The van der Waals surface area contributed by atoms with Crippen molar-refractivity contribution >= 4 is 11.6 Å². The van der Waals surface area contributed by atoms with E-state index < -0.39 is 0 Å². The van der Waals surface area contributed by atoms with Gasteiger partial charge in [0, 0.05) is 31.6 Å². The van der Waals surface area contributed by atoms with Gasteiger partial charge in [0.05, 0.1) is 0 Å². The number of nitrogens with zero attached hydrogens (tertiary/aromatic N) is 3. The first-order chi connectivity index (χ1) is 9.01. The van der Waals surface area contributed by atoms with Crippen molar-refractivity contribution < 1.29 is 0 Å². The second kappa shape index (κ2) is 5.76. The molecule has 1 saturated heterocycles. The first-order valence-electron chi connectivity index (χ1n) is 7.34. The molecule has 1 fully saturated rings. The molecule has 2 heterocycles. The number of aromatic nitrogens is 2. The highest BCUT2D eigenvalue weighted by Crippen LogP contribution is 2.28. The van der Waals surface area contributed by atoms with Gasteiger partial charge in [0.25, 0.3) is 0 Å². The van der Waals surface area contributed by atoms with Gasteiger partial charge in [-0.25, -0.2) is 9.97 Å². The molecule has 0 amide bonds. The molecular weight excluding hydrogens is 236 g/mol. The standard InChI is InChI=1S/C15H26N4/c1-10(2)15-17-13(16-5)8-14(18-15)19-9-11(3)6-7-12(19)4/h8,10-12H,6-7,9H2,1-5H3,(H,16,17,18). The fourth-order valence-corrected chi connectivity index (χ4v) is 2.59. The molecule has 4 heteroatoms. The van der Waals surface area contributed by atoms with Gasteiger partial charge in [-0.2, -0.15) is 0 Å². The lowest BCUT2D eigenvalue weighted by molar-refractivity contribution is 0.387. The van der Waals surface area contributed by atoms with Crippen LogP contribution in [-0.4, -0.2) is 29.6 Å². The van der Waals surface area contributed by atoms with Crippen LogP contribution in [0.25, 0.3) is 0 Å². The number of anilines is 2. The van der Waals surface area contributed by atoms with Crippen molar-refractivity contribution in [2.45, 2.75) is 52.5 Å². The molecule has 1 aromatic heterocycles. The highest BCUT2D eigenvalue weighted by Gasteiger charge is 2.25. The van der Waals surface area contributed by atoms with Gasteiger partial charge in [0.1, 0.15) is 17.5 Å². The van der Waals surface area contributed by atoms with Gasteiger partial charge in [-0.15, -0.1) is 0 Å². The SMILES string of the molecule is CNc1cc(N2CC(C)CCC2C)nc(C(C)C)n1. The molecule has 1 aliphatic heterocycles. The highest BCUT2D eigenvalue weighted by molar-refractivity contribution is 5.50. The molecule has 2 unspecified atom stereocenters. The van der Waals surface area contributed by atoms with E-state index in [-0.39, 0.29) is 0 Å². The zero-order valence-electron chi connectivity index (χ0n) is 12.8. The maximum absolute atomic E-state index is 4.76. The van der Waals surface area contributed by atoms with Crippen LogP contribution < -0.4 is 10.2 Å². The quantitative estimate of drug-likeness (QED) is 0.907. The highest BCUT2D eigenvalue weighted by atomic mass is 15.2. The van der Waals surface area contributed by atoms with Crippen molar-refractivity contribution in [3.8, 4) is 0 Å². The fraction of sp³-hybridized carbons (Fsp3) is 0.733. The largest absolute Gasteiger partial charge is 0.373 e. The Morgan fingerprint density at radius 1 is 1.26 bits per heavy atom. The van der Waals surface area contributed by atoms with Crippen molar-refractivity contribution in [3.63, 3.8) is 0 Å². The number of hydrogen-bond donors (Lipinski definition) is 1. The second-order valence-corrected chi connectivity index (χ2v) is 6.06. The molecule has 0 radical (unpaired) electrons. The minimum Gasteiger partial charge on any atom is -0.373 e. The molecule has 1 aromatic rings. The Morgan fingerprint density at radius 3 is 2.63 bits per heavy atom. The smallest absolute Gasteiger partial charge is 0.135 e. The zero-order valence-corrected chi connectivity index (χ0v) is 12.8. The topological polar surface area (TPSA) is 41.0 Å². The number of rotatable bonds is 3. The summed E-state index contributed by atoms with van der Waals surface area (Å²) in [7, 11) is 1.92. The predicted octanol–water partition coefficient (Wildman–Crippen LogP) is 3.27. The van der Waals surface area contributed by atoms with E-state index >= 15 is 0 Å². The van der Waals surface area contributed by atoms with Crippen LogP contribution in [0.5, 0.6) is 0 Å². The van der Waals surface area contributed by atoms with E-state index in [0.717, 1.165) is 29.9 Å². The van der Waals surface area contributed by atoms with Gasteiger partial charge in [-0.05, 0) is 25.7 Å². The lowest BCUT2D eigenvalue weighted by Crippen LogP contribution is -2.41. The van der Waals surface area contributed by atoms with E-state index in [0.29, 0.717) is 12.0 Å². The zero-order chi connectivity index (χ0) is 14.0. The third-order valence-corrected chi connectivity index (χ3v) is 3.91. The Bertz CT molecular complexity index is 430. The second-order valence-electron chi connectivity index (χ2n) is 6.06. The van der Waals surface area contributed by atoms with Crippen LogP contribution in [0.4, 0.5) is 11.6 Å². The molecule has 19 heavy (non-hydrogen) atoms. The predicted molar refractivity (Wildman–Crippen MR) is 80.9 cm³/mol. The molecule has 1 N–H and O–H groups in total. The van der Waals surface area contributed by atoms with Crippen LogP contribution in [0.1, 0.15) is 52.3 Å². The van der Waals surface area contributed by atoms with Crippen LogP contribution in [0.3, 0.4) is 0 Å². The summed E-state index contributed by atoms with van der Waals surface area (Å²) in [5, 5.41) is 3.15. The monoisotopic (exact) mass is 262 g/mol. The first kappa shape index (κ1) is 14.1. The minimum atomic E-state index is 0.351. The van der Waals surface area contributed by atoms with Crippen LogP contribution in [-0.2, 0) is 0 Å². The first-order valence-corrected chi connectivity index (χ1v) is 7.34. The third kappa shape index (κ3) is 3.17. The van der Waals surface area contributed by atoms with E-state index in [2.05, 4.69) is 49.0 Å². The molecule has 0 saturated carbocycles. The summed E-state index contributed by atoms with van der Waals surface area (Å²) in [6.45, 7) is 9.99. The summed E-state index contributed by atoms with van der Waals surface area (Å²) < 4.78 is 0. The summed E-state index contributed by atoms with van der Waals surface area (Å²) in [4.78, 5) is 11.7. The molecule has 2 rings (SSSR count). The lowest BCUT2D eigenvalue weighted by Gasteiger charge is -2.38. The molecule has 106 valence electrons. The maximum Gasteiger partial charge on any atom is 0.135 e. The van der Waals surface area contributed by atoms with Gasteiger partial charge in [-0.3, -0.25) is 0 Å². The Kier molecular flexibility index (Phi) is 4.27. The van der Waals surface area contributed by atoms with Gasteiger partial charge in [0.2, 0.25) is 0 Å². The molecule has 0 aromatic carbocycles. The maximum atomic E-state index is 4.76. The number of piperidine rings is 1. The van der Waals surface area contributed by atoms with Gasteiger partial charge in [-0.1, -0.05) is 20.8 Å². The van der Waals surface area contributed by atoms with E-state index in [9.17, 15) is 0 Å². The van der Waals surface area contributed by atoms with Gasteiger partial charge >= 0.3 is 0 Å². The molecule has 2 atom stereocenters. The average molecular weight is 262 g/mol. The number of hydrogen-bond acceptors (Lipinski definition) is 4. The normalized spacial score (nSPS) is 23.8.